The maximum atomic E-state index is 10.3. The van der Waals surface area contributed by atoms with Crippen LogP contribution < -0.4 is 5.32 Å². The number of rotatable bonds is 4. The summed E-state index contributed by atoms with van der Waals surface area (Å²) in [5.41, 5.74) is 1.20. The van der Waals surface area contributed by atoms with Gasteiger partial charge in [0.25, 0.3) is 0 Å². The molecule has 0 rings (SSSR count). The summed E-state index contributed by atoms with van der Waals surface area (Å²) in [5.74, 6) is 1.43. The van der Waals surface area contributed by atoms with Crippen LogP contribution in [0.4, 0.5) is 0 Å². The normalized spacial score (nSPS) is 13.6. The van der Waals surface area contributed by atoms with E-state index < -0.39 is 0 Å². The Balaban J connectivity index is 4.58. The van der Waals surface area contributed by atoms with E-state index in [1.165, 1.54) is 5.57 Å². The van der Waals surface area contributed by atoms with Crippen molar-refractivity contribution in [3.63, 3.8) is 0 Å². The van der Waals surface area contributed by atoms with E-state index in [9.17, 15) is 4.79 Å². The van der Waals surface area contributed by atoms with Crippen LogP contribution in [0.2, 0.25) is 0 Å². The highest BCUT2D eigenvalue weighted by Gasteiger charge is 2.02. The van der Waals surface area contributed by atoms with Crippen molar-refractivity contribution < 1.29 is 4.79 Å². The van der Waals surface area contributed by atoms with Gasteiger partial charge in [-0.25, -0.2) is 4.99 Å². The van der Waals surface area contributed by atoms with Gasteiger partial charge in [0.15, 0.2) is 0 Å². The predicted octanol–water partition coefficient (Wildman–Crippen LogP) is 2.35. The van der Waals surface area contributed by atoms with Gasteiger partial charge in [-0.05, 0) is 12.8 Å². The van der Waals surface area contributed by atoms with Crippen LogP contribution in [-0.2, 0) is 4.79 Å². The smallest absolute Gasteiger partial charge is 0.212 e. The van der Waals surface area contributed by atoms with Crippen LogP contribution in [-0.4, -0.2) is 12.2 Å². The summed E-state index contributed by atoms with van der Waals surface area (Å²) < 4.78 is 0. The lowest BCUT2D eigenvalue weighted by Crippen LogP contribution is -2.26. The van der Waals surface area contributed by atoms with Gasteiger partial charge in [-0.15, -0.1) is 0 Å². The fraction of sp³-hybridized carbons (Fsp3) is 0.636. The molecule has 0 aromatic rings. The Morgan fingerprint density at radius 2 is 1.79 bits per heavy atom. The third-order valence-electron chi connectivity index (χ3n) is 2.07. The van der Waals surface area contributed by atoms with Gasteiger partial charge in [-0.1, -0.05) is 33.3 Å². The fourth-order valence-corrected chi connectivity index (χ4v) is 0.734. The fourth-order valence-electron chi connectivity index (χ4n) is 0.734. The molecule has 0 aliphatic rings. The lowest BCUT2D eigenvalue weighted by Gasteiger charge is -2.07. The van der Waals surface area contributed by atoms with Gasteiger partial charge in [0.2, 0.25) is 6.41 Å². The van der Waals surface area contributed by atoms with Crippen LogP contribution in [0.3, 0.4) is 0 Å². The number of allylic oxidation sites excluding steroid dienone is 1. The van der Waals surface area contributed by atoms with E-state index in [-0.39, 0.29) is 5.92 Å². The monoisotopic (exact) mass is 196 g/mol. The van der Waals surface area contributed by atoms with E-state index in [1.54, 1.807) is 0 Å². The molecule has 0 aromatic carbocycles. The van der Waals surface area contributed by atoms with Gasteiger partial charge in [0.1, 0.15) is 5.84 Å². The molecule has 80 valence electrons. The van der Waals surface area contributed by atoms with Crippen LogP contribution in [0.15, 0.2) is 16.8 Å². The predicted molar refractivity (Wildman–Crippen MR) is 60.1 cm³/mol. The van der Waals surface area contributed by atoms with Crippen molar-refractivity contribution in [2.24, 2.45) is 16.8 Å². The van der Waals surface area contributed by atoms with Crippen LogP contribution in [0.5, 0.6) is 0 Å². The van der Waals surface area contributed by atoms with Gasteiger partial charge in [-0.3, -0.25) is 4.79 Å². The molecule has 1 amide bonds. The molecule has 0 bridgehead atoms. The molecule has 0 radical (unpaired) electrons. The maximum Gasteiger partial charge on any atom is 0.212 e. The molecule has 0 aliphatic carbocycles. The first kappa shape index (κ1) is 12.9. The van der Waals surface area contributed by atoms with Crippen molar-refractivity contribution in [1.29, 1.82) is 0 Å². The highest BCUT2D eigenvalue weighted by molar-refractivity contribution is 5.92. The second-order valence-corrected chi connectivity index (χ2v) is 3.96. The van der Waals surface area contributed by atoms with E-state index in [2.05, 4.69) is 24.2 Å². The maximum absolute atomic E-state index is 10.3. The molecule has 0 atom stereocenters. The van der Waals surface area contributed by atoms with Crippen molar-refractivity contribution in [3.05, 3.63) is 11.8 Å². The minimum Gasteiger partial charge on any atom is -0.317 e. The zero-order valence-corrected chi connectivity index (χ0v) is 9.66. The minimum absolute atomic E-state index is 0.233. The van der Waals surface area contributed by atoms with Crippen molar-refractivity contribution in [3.8, 4) is 0 Å². The Morgan fingerprint density at radius 3 is 2.14 bits per heavy atom. The number of amidine groups is 1. The zero-order chi connectivity index (χ0) is 11.1. The molecule has 3 heteroatoms. The lowest BCUT2D eigenvalue weighted by atomic mass is 10.1. The zero-order valence-electron chi connectivity index (χ0n) is 9.66. The topological polar surface area (TPSA) is 41.5 Å². The second-order valence-electron chi connectivity index (χ2n) is 3.96. The Kier molecular flexibility index (Phi) is 5.84. The number of carbonyl (C=O) groups is 1. The van der Waals surface area contributed by atoms with Crippen molar-refractivity contribution in [2.75, 3.05) is 0 Å². The van der Waals surface area contributed by atoms with Crippen molar-refractivity contribution >= 4 is 12.2 Å². The summed E-state index contributed by atoms with van der Waals surface area (Å²) in [6.07, 6.45) is 2.48. The van der Waals surface area contributed by atoms with E-state index >= 15 is 0 Å². The first-order valence-corrected chi connectivity index (χ1v) is 4.93. The summed E-state index contributed by atoms with van der Waals surface area (Å²) in [5, 5.41) is 2.60. The van der Waals surface area contributed by atoms with Crippen LogP contribution >= 0.6 is 0 Å². The average molecular weight is 196 g/mol. The van der Waals surface area contributed by atoms with Gasteiger partial charge < -0.3 is 5.32 Å². The molecule has 3 nitrogen and oxygen atoms in total. The number of hydrogen-bond donors (Lipinski definition) is 1. The lowest BCUT2D eigenvalue weighted by molar-refractivity contribution is -0.108. The van der Waals surface area contributed by atoms with Crippen LogP contribution in [0.1, 0.15) is 34.6 Å². The third-order valence-corrected chi connectivity index (χ3v) is 2.07. The Bertz CT molecular complexity index is 240. The third kappa shape index (κ3) is 4.80. The quantitative estimate of drug-likeness (QED) is 0.418. The second kappa shape index (κ2) is 6.35. The van der Waals surface area contributed by atoms with Gasteiger partial charge >= 0.3 is 0 Å². The number of amides is 1. The summed E-state index contributed by atoms with van der Waals surface area (Å²) in [6.45, 7) is 10.3. The van der Waals surface area contributed by atoms with Gasteiger partial charge in [0.05, 0.1) is 0 Å². The van der Waals surface area contributed by atoms with E-state index in [1.807, 2.05) is 27.0 Å². The summed E-state index contributed by atoms with van der Waals surface area (Å²) in [7, 11) is 0. The number of nitrogens with one attached hydrogen (secondary N) is 1. The molecule has 0 saturated heterocycles. The summed E-state index contributed by atoms with van der Waals surface area (Å²) >= 11 is 0. The van der Waals surface area contributed by atoms with Crippen LogP contribution in [0.25, 0.3) is 0 Å². The molecule has 0 aliphatic heterocycles. The average Bonchev–Trinajstić information content (AvgIpc) is 2.10. The van der Waals surface area contributed by atoms with Crippen LogP contribution in [0, 0.1) is 11.8 Å². The summed E-state index contributed by atoms with van der Waals surface area (Å²) in [6, 6.07) is 0. The van der Waals surface area contributed by atoms with E-state index in [4.69, 9.17) is 0 Å². The molecule has 0 aromatic heterocycles. The highest BCUT2D eigenvalue weighted by Crippen LogP contribution is 2.08. The molecule has 0 spiro atoms. The number of hydrogen-bond acceptors (Lipinski definition) is 2. The highest BCUT2D eigenvalue weighted by atomic mass is 16.1. The molecule has 0 fully saturated rings. The molecule has 14 heavy (non-hydrogen) atoms. The Hall–Kier alpha value is -1.12. The first-order valence-electron chi connectivity index (χ1n) is 4.93. The van der Waals surface area contributed by atoms with E-state index in [0.29, 0.717) is 18.2 Å². The Morgan fingerprint density at radius 1 is 1.21 bits per heavy atom. The number of aliphatic imine (C=N–C) groups is 1. The molecular weight excluding hydrogens is 176 g/mol. The van der Waals surface area contributed by atoms with Crippen molar-refractivity contribution in [1.82, 2.24) is 5.32 Å². The number of carbonyl (C=O) groups excluding carboxylic acids is 1. The van der Waals surface area contributed by atoms with Gasteiger partial charge in [0, 0.05) is 12.1 Å². The minimum atomic E-state index is 0.233. The Labute approximate surface area is 86.3 Å². The molecule has 0 saturated carbocycles. The molecule has 0 unspecified atom stereocenters. The standard InChI is InChI=1S/C11H20N2O/c1-8(2)10(5)6-12-11(9(3)4)13-7-14/h6-9H,1-5H3,(H,12,13,14)/b10-6+. The molecular formula is C11H20N2O. The van der Waals surface area contributed by atoms with Gasteiger partial charge in [-0.2, -0.15) is 0 Å². The number of nitrogens with zero attached hydrogens (tertiary/aromatic N) is 1. The van der Waals surface area contributed by atoms with Crippen molar-refractivity contribution in [2.45, 2.75) is 34.6 Å². The molecule has 0 heterocycles. The molecule has 1 N–H and O–H groups in total. The largest absolute Gasteiger partial charge is 0.317 e. The summed E-state index contributed by atoms with van der Waals surface area (Å²) in [4.78, 5) is 14.5. The van der Waals surface area contributed by atoms with E-state index in [0.717, 1.165) is 0 Å². The SMILES string of the molecule is C/C(=C\N=C(NC=O)C(C)C)C(C)C. The first-order chi connectivity index (χ1) is 6.49.